The van der Waals surface area contributed by atoms with Gasteiger partial charge in [-0.3, -0.25) is 19.2 Å². The fourth-order valence-corrected chi connectivity index (χ4v) is 4.98. The Labute approximate surface area is 356 Å². The second-order valence-corrected chi connectivity index (χ2v) is 11.9. The van der Waals surface area contributed by atoms with Gasteiger partial charge in [0.1, 0.15) is 43.8 Å². The summed E-state index contributed by atoms with van der Waals surface area (Å²) in [6.07, 6.45) is -4.84. The van der Waals surface area contributed by atoms with Crippen molar-refractivity contribution in [1.29, 1.82) is 0 Å². The van der Waals surface area contributed by atoms with Gasteiger partial charge in [-0.1, -0.05) is 31.2 Å². The molecule has 3 rings (SSSR count). The van der Waals surface area contributed by atoms with Gasteiger partial charge in [-0.25, -0.2) is 49.5 Å². The summed E-state index contributed by atoms with van der Waals surface area (Å²) in [5, 5.41) is 2.50. The van der Waals surface area contributed by atoms with Crippen LogP contribution in [0.4, 0.5) is 35.1 Å². The van der Waals surface area contributed by atoms with Crippen molar-refractivity contribution in [2.24, 2.45) is 5.73 Å². The maximum absolute atomic E-state index is 14.4. The van der Waals surface area contributed by atoms with E-state index < -0.39 is 114 Å². The summed E-state index contributed by atoms with van der Waals surface area (Å²) in [5.41, 5.74) is 0.595. The molecule has 0 saturated carbocycles. The van der Waals surface area contributed by atoms with Crippen molar-refractivity contribution in [2.45, 2.75) is 59.3 Å². The molecule has 348 valence electrons. The van der Waals surface area contributed by atoms with Crippen molar-refractivity contribution < 1.29 is 92.4 Å². The first-order chi connectivity index (χ1) is 29.7. The average Bonchev–Trinajstić information content (AvgIpc) is 3.24. The number of carbonyl (C=O) groups excluding carboxylic acids is 7. The van der Waals surface area contributed by atoms with Crippen molar-refractivity contribution >= 4 is 41.9 Å². The number of nitrogens with two attached hydrogens (primary N) is 1. The number of hydrogen-bond acceptors (Lipinski definition) is 14. The lowest BCUT2D eigenvalue weighted by molar-refractivity contribution is -0.146. The first kappa shape index (κ1) is 56.4. The zero-order valence-electron chi connectivity index (χ0n) is 34.8. The van der Waals surface area contributed by atoms with Crippen molar-refractivity contribution in [1.82, 2.24) is 5.32 Å². The number of dihydropyridines is 1. The second-order valence-electron chi connectivity index (χ2n) is 11.9. The normalized spacial score (nSPS) is 13.1. The average molecular weight is 911 g/mol. The van der Waals surface area contributed by atoms with Gasteiger partial charge >= 0.3 is 29.8 Å². The minimum atomic E-state index is -3.32. The summed E-state index contributed by atoms with van der Waals surface area (Å²) >= 11 is 0. The van der Waals surface area contributed by atoms with Gasteiger partial charge in [0.05, 0.1) is 67.0 Å². The van der Waals surface area contributed by atoms with Gasteiger partial charge in [0.15, 0.2) is 6.29 Å². The highest BCUT2D eigenvalue weighted by atomic mass is 19.3. The van der Waals surface area contributed by atoms with Crippen LogP contribution in [-0.4, -0.2) is 89.3 Å². The Hall–Kier alpha value is -6.61. The number of ketones is 1. The highest BCUT2D eigenvalue weighted by molar-refractivity contribution is 6.00. The summed E-state index contributed by atoms with van der Waals surface area (Å²) in [7, 11) is 2.17. The minimum absolute atomic E-state index is 0.0709. The number of hydrogen-bond donors (Lipinski definition) is 2. The molecule has 1 unspecified atom stereocenters. The van der Waals surface area contributed by atoms with Crippen LogP contribution in [0.3, 0.4) is 0 Å². The molecule has 0 radical (unpaired) electrons. The zero-order valence-corrected chi connectivity index (χ0v) is 34.8. The Bertz CT molecular complexity index is 2000. The van der Waals surface area contributed by atoms with Gasteiger partial charge in [-0.15, -0.1) is 0 Å². The molecular weight excluding hydrogens is 864 g/mol. The molecule has 3 N–H and O–H groups in total. The van der Waals surface area contributed by atoms with Crippen molar-refractivity contribution in [3.63, 3.8) is 0 Å². The second kappa shape index (κ2) is 29.6. The quantitative estimate of drug-likeness (QED) is 0.0450. The van der Waals surface area contributed by atoms with Crippen LogP contribution in [0.2, 0.25) is 0 Å². The summed E-state index contributed by atoms with van der Waals surface area (Å²) in [5.74, 6) is -8.08. The molecule has 0 bridgehead atoms. The number of alkyl halides is 6. The van der Waals surface area contributed by atoms with Gasteiger partial charge in [0.2, 0.25) is 0 Å². The molecule has 0 saturated heterocycles. The molecule has 14 nitrogen and oxygen atoms in total. The van der Waals surface area contributed by atoms with Gasteiger partial charge in [-0.2, -0.15) is 0 Å². The van der Waals surface area contributed by atoms with Crippen LogP contribution in [-0.2, 0) is 52.5 Å². The Morgan fingerprint density at radius 3 is 1.78 bits per heavy atom. The van der Waals surface area contributed by atoms with Gasteiger partial charge in [-0.05, 0) is 31.5 Å². The molecule has 0 spiro atoms. The van der Waals surface area contributed by atoms with Crippen LogP contribution in [0.5, 0.6) is 0 Å². The smallest absolute Gasteiger partial charge is 0.336 e. The molecule has 1 atom stereocenters. The number of halogens is 8. The highest BCUT2D eigenvalue weighted by Crippen LogP contribution is 2.43. The molecule has 2 aromatic carbocycles. The van der Waals surface area contributed by atoms with Crippen LogP contribution < -0.4 is 11.1 Å². The van der Waals surface area contributed by atoms with Gasteiger partial charge < -0.3 is 34.7 Å². The predicted molar refractivity (Wildman–Crippen MR) is 206 cm³/mol. The van der Waals surface area contributed by atoms with Crippen molar-refractivity contribution in [3.05, 3.63) is 105 Å². The van der Waals surface area contributed by atoms with Gasteiger partial charge in [0.25, 0.3) is 12.9 Å². The fraction of sp³-hybridized carbons (Fsp3) is 0.390. The molecule has 1 aliphatic heterocycles. The fourth-order valence-electron chi connectivity index (χ4n) is 4.98. The Balaban J connectivity index is 0.00000100. The van der Waals surface area contributed by atoms with Crippen LogP contribution in [0.15, 0.2) is 70.7 Å². The van der Waals surface area contributed by atoms with E-state index in [2.05, 4.69) is 19.5 Å². The van der Waals surface area contributed by atoms with E-state index in [0.29, 0.717) is 13.0 Å². The van der Waals surface area contributed by atoms with Crippen LogP contribution in [0, 0.1) is 11.6 Å². The Kier molecular flexibility index (Phi) is 26.5. The van der Waals surface area contributed by atoms with E-state index in [9.17, 15) is 68.7 Å². The number of methoxy groups -OCH3 is 2. The number of benzene rings is 2. The zero-order chi connectivity index (χ0) is 48.4. The number of esters is 5. The number of rotatable bonds is 16. The Morgan fingerprint density at radius 2 is 1.33 bits per heavy atom. The van der Waals surface area contributed by atoms with Crippen molar-refractivity contribution in [2.75, 3.05) is 47.4 Å². The van der Waals surface area contributed by atoms with Crippen LogP contribution in [0.25, 0.3) is 0 Å². The molecule has 1 heterocycles. The van der Waals surface area contributed by atoms with E-state index in [0.717, 1.165) is 50.4 Å². The predicted octanol–water partition coefficient (Wildman–Crippen LogP) is 6.69. The Morgan fingerprint density at radius 1 is 0.778 bits per heavy atom. The number of aldehydes is 1. The van der Waals surface area contributed by atoms with Crippen LogP contribution >= 0.6 is 0 Å². The summed E-state index contributed by atoms with van der Waals surface area (Å²) in [4.78, 5) is 78.3. The molecule has 0 amide bonds. The third-order valence-electron chi connectivity index (χ3n) is 7.73. The summed E-state index contributed by atoms with van der Waals surface area (Å²) < 4.78 is 127. The molecule has 0 aliphatic carbocycles. The number of allylic oxidation sites excluding steroid dienone is 2. The highest BCUT2D eigenvalue weighted by Gasteiger charge is 2.42. The molecule has 0 aromatic heterocycles. The number of carbonyl (C=O) groups is 7. The monoisotopic (exact) mass is 910 g/mol. The standard InChI is InChI=1S/C21H21F4NO6.C8H5F3O.C7H12O3.C5H8FNO2/c1-4-31-21(29)18-14(9-32-10(2)27)26-13(8-22)17(20(28)30-3)16(18)11-6-5-7-12(23)15(11)19(24)25;9-6-3-1-2-5(4-12)7(6)8(10)11;1-3-6(8)5-7(9)10-4-2;1-9-5(8)2-4(7)3-6/h5-7,16,19,26H,4,8-9H2,1-3H3;1-4,8H;3-5H2,1-2H3;2H,3,7H2,1H3/b;;;4-2+. The SMILES string of the molecule is CCOC(=O)C1=C(COC(C)=O)NC(CF)=C(C(=O)OC)C1c1cccc(F)c1C(F)F.CCOC(=O)CC(=O)CC.COC(=O)/C=C(/N)CF.O=Cc1cccc(F)c1C(F)F. The largest absolute Gasteiger partial charge is 0.466 e. The maximum atomic E-state index is 14.4. The number of ether oxygens (including phenoxy) is 5. The minimum Gasteiger partial charge on any atom is -0.466 e. The summed E-state index contributed by atoms with van der Waals surface area (Å²) in [6.45, 7) is 3.51. The van der Waals surface area contributed by atoms with E-state index >= 15 is 0 Å². The maximum Gasteiger partial charge on any atom is 0.336 e. The number of nitrogens with one attached hydrogen (secondary N) is 1. The lowest BCUT2D eigenvalue weighted by Gasteiger charge is -2.32. The topological polar surface area (TPSA) is 204 Å². The first-order valence-corrected chi connectivity index (χ1v) is 18.3. The van der Waals surface area contributed by atoms with E-state index in [1.807, 2.05) is 0 Å². The van der Waals surface area contributed by atoms with Crippen molar-refractivity contribution in [3.8, 4) is 0 Å². The van der Waals surface area contributed by atoms with E-state index in [1.54, 1.807) is 13.8 Å². The third-order valence-corrected chi connectivity index (χ3v) is 7.73. The molecule has 63 heavy (non-hydrogen) atoms. The lowest BCUT2D eigenvalue weighted by atomic mass is 9.78. The first-order valence-electron chi connectivity index (χ1n) is 18.3. The van der Waals surface area contributed by atoms with Crippen LogP contribution in [0.1, 0.15) is 86.4 Å². The lowest BCUT2D eigenvalue weighted by Crippen LogP contribution is -2.36. The third kappa shape index (κ3) is 18.5. The molecule has 1 aliphatic rings. The van der Waals surface area contributed by atoms with E-state index in [4.69, 9.17) is 15.2 Å². The molecule has 2 aromatic rings. The van der Waals surface area contributed by atoms with E-state index in [1.165, 1.54) is 20.1 Å². The molecule has 0 fully saturated rings. The molecular formula is C41H46F8N2O12. The molecule has 22 heteroatoms. The number of Topliss-reactive ketones (excluding diaryl/α,β-unsaturated/α-hetero) is 1. The van der Waals surface area contributed by atoms with E-state index in [-0.39, 0.29) is 42.1 Å². The summed E-state index contributed by atoms with van der Waals surface area (Å²) in [6, 6.07) is 6.24. The van der Waals surface area contributed by atoms with Gasteiger partial charge in [0, 0.05) is 30.7 Å².